The van der Waals surface area contributed by atoms with Gasteiger partial charge in [0.15, 0.2) is 5.69 Å². The van der Waals surface area contributed by atoms with Crippen LogP contribution in [0.25, 0.3) is 22.2 Å². The van der Waals surface area contributed by atoms with Crippen LogP contribution >= 0.6 is 0 Å². The minimum Gasteiger partial charge on any atom is -0.418 e. The average Bonchev–Trinajstić information content (AvgIpc) is 3.18. The molecule has 4 aromatic rings. The number of benzene rings is 2. The van der Waals surface area contributed by atoms with Gasteiger partial charge in [0.2, 0.25) is 11.8 Å². The molecule has 0 radical (unpaired) electrons. The van der Waals surface area contributed by atoms with Crippen LogP contribution in [0.4, 0.5) is 0 Å². The largest absolute Gasteiger partial charge is 0.418 e. The zero-order valence-corrected chi connectivity index (χ0v) is 16.8. The number of nitrogens with zero attached hydrogens (tertiary/aromatic N) is 4. The predicted molar refractivity (Wildman–Crippen MR) is 114 cm³/mol. The van der Waals surface area contributed by atoms with Gasteiger partial charge in [-0.2, -0.15) is 5.10 Å². The molecule has 1 aliphatic heterocycles. The van der Waals surface area contributed by atoms with E-state index >= 15 is 0 Å². The summed E-state index contributed by atoms with van der Waals surface area (Å²) in [4.78, 5) is 27.5. The molecule has 5 rings (SSSR count). The van der Waals surface area contributed by atoms with Gasteiger partial charge in [0.1, 0.15) is 6.04 Å². The Morgan fingerprint density at radius 1 is 0.968 bits per heavy atom. The van der Waals surface area contributed by atoms with Gasteiger partial charge in [0.05, 0.1) is 5.39 Å². The van der Waals surface area contributed by atoms with Crippen LogP contribution < -0.4 is 5.56 Å². The first kappa shape index (κ1) is 19.2. The highest BCUT2D eigenvalue weighted by Crippen LogP contribution is 2.32. The fraction of sp³-hybridized carbons (Fsp3) is 0.261. The Morgan fingerprint density at radius 2 is 1.74 bits per heavy atom. The van der Waals surface area contributed by atoms with Gasteiger partial charge in [-0.3, -0.25) is 9.59 Å². The van der Waals surface area contributed by atoms with Crippen LogP contribution in [0.2, 0.25) is 0 Å². The van der Waals surface area contributed by atoms with Crippen LogP contribution in [-0.4, -0.2) is 37.7 Å². The maximum absolute atomic E-state index is 13.6. The first-order valence-electron chi connectivity index (χ1n) is 10.4. The SMILES string of the molecule is O=C(c1n[nH]c(=O)c2ccccc12)N1CCCCCC1c1nnc(-c2ccccc2)o1. The Kier molecular flexibility index (Phi) is 5.03. The molecule has 156 valence electrons. The summed E-state index contributed by atoms with van der Waals surface area (Å²) in [6.45, 7) is 0.557. The van der Waals surface area contributed by atoms with E-state index in [0.717, 1.165) is 31.2 Å². The first-order chi connectivity index (χ1) is 15.2. The van der Waals surface area contributed by atoms with Gasteiger partial charge in [0.25, 0.3) is 11.5 Å². The third kappa shape index (κ3) is 3.61. The molecule has 2 aromatic heterocycles. The molecule has 1 atom stereocenters. The Hall–Kier alpha value is -3.81. The molecule has 1 unspecified atom stereocenters. The zero-order valence-electron chi connectivity index (χ0n) is 16.8. The van der Waals surface area contributed by atoms with Gasteiger partial charge < -0.3 is 9.32 Å². The molecular formula is C23H21N5O3. The maximum Gasteiger partial charge on any atom is 0.275 e. The molecule has 31 heavy (non-hydrogen) atoms. The molecule has 8 heteroatoms. The fourth-order valence-electron chi connectivity index (χ4n) is 4.09. The summed E-state index contributed by atoms with van der Waals surface area (Å²) in [6.07, 6.45) is 3.57. The Balaban J connectivity index is 1.53. The molecule has 0 spiro atoms. The van der Waals surface area contributed by atoms with E-state index in [1.807, 2.05) is 30.3 Å². The second kappa shape index (κ2) is 8.14. The number of rotatable bonds is 3. The van der Waals surface area contributed by atoms with E-state index in [4.69, 9.17) is 4.42 Å². The minimum absolute atomic E-state index is 0.227. The molecule has 8 nitrogen and oxygen atoms in total. The highest BCUT2D eigenvalue weighted by atomic mass is 16.4. The quantitative estimate of drug-likeness (QED) is 0.547. The van der Waals surface area contributed by atoms with E-state index < -0.39 is 0 Å². The smallest absolute Gasteiger partial charge is 0.275 e. The molecule has 0 saturated carbocycles. The second-order valence-electron chi connectivity index (χ2n) is 7.62. The molecule has 0 bridgehead atoms. The van der Waals surface area contributed by atoms with Crippen molar-refractivity contribution in [2.75, 3.05) is 6.54 Å². The second-order valence-corrected chi connectivity index (χ2v) is 7.62. The van der Waals surface area contributed by atoms with Crippen LogP contribution in [0.5, 0.6) is 0 Å². The predicted octanol–water partition coefficient (Wildman–Crippen LogP) is 3.73. The van der Waals surface area contributed by atoms with E-state index in [0.29, 0.717) is 29.1 Å². The number of amides is 1. The van der Waals surface area contributed by atoms with Gasteiger partial charge in [-0.1, -0.05) is 49.2 Å². The van der Waals surface area contributed by atoms with Crippen molar-refractivity contribution in [2.24, 2.45) is 0 Å². The minimum atomic E-state index is -0.340. The van der Waals surface area contributed by atoms with Crippen LogP contribution in [0, 0.1) is 0 Å². The van der Waals surface area contributed by atoms with Crippen LogP contribution in [-0.2, 0) is 0 Å². The number of carbonyl (C=O) groups is 1. The Bertz CT molecular complexity index is 1280. The molecule has 1 amide bonds. The molecule has 0 aliphatic carbocycles. The number of hydrogen-bond acceptors (Lipinski definition) is 6. The molecule has 1 saturated heterocycles. The summed E-state index contributed by atoms with van der Waals surface area (Å²) >= 11 is 0. The molecular weight excluding hydrogens is 394 g/mol. The average molecular weight is 415 g/mol. The van der Waals surface area contributed by atoms with Crippen molar-refractivity contribution in [1.29, 1.82) is 0 Å². The lowest BCUT2D eigenvalue weighted by molar-refractivity contribution is 0.0647. The number of nitrogens with one attached hydrogen (secondary N) is 1. The normalized spacial score (nSPS) is 16.9. The van der Waals surface area contributed by atoms with Crippen molar-refractivity contribution in [3.8, 4) is 11.5 Å². The van der Waals surface area contributed by atoms with E-state index in [1.165, 1.54) is 0 Å². The molecule has 1 fully saturated rings. The number of fused-ring (bicyclic) bond motifs is 1. The summed E-state index contributed by atoms with van der Waals surface area (Å²) in [5.41, 5.74) is 0.745. The third-order valence-corrected chi connectivity index (χ3v) is 5.66. The lowest BCUT2D eigenvalue weighted by Crippen LogP contribution is -2.36. The summed E-state index contributed by atoms with van der Waals surface area (Å²) in [6, 6.07) is 16.2. The highest BCUT2D eigenvalue weighted by molar-refractivity contribution is 6.04. The number of aromatic nitrogens is 4. The van der Waals surface area contributed by atoms with E-state index in [9.17, 15) is 9.59 Å². The van der Waals surface area contributed by atoms with Crippen molar-refractivity contribution in [1.82, 2.24) is 25.3 Å². The number of hydrogen-bond donors (Lipinski definition) is 1. The van der Waals surface area contributed by atoms with Crippen LogP contribution in [0.3, 0.4) is 0 Å². The van der Waals surface area contributed by atoms with Crippen molar-refractivity contribution in [3.05, 3.63) is 76.5 Å². The highest BCUT2D eigenvalue weighted by Gasteiger charge is 2.33. The van der Waals surface area contributed by atoms with Gasteiger partial charge in [-0.25, -0.2) is 5.10 Å². The first-order valence-corrected chi connectivity index (χ1v) is 10.4. The fourth-order valence-corrected chi connectivity index (χ4v) is 4.09. The molecule has 2 aromatic carbocycles. The number of carbonyl (C=O) groups excluding carboxylic acids is 1. The summed E-state index contributed by atoms with van der Waals surface area (Å²) in [5, 5.41) is 16.0. The summed E-state index contributed by atoms with van der Waals surface area (Å²) in [7, 11) is 0. The van der Waals surface area contributed by atoms with Crippen molar-refractivity contribution < 1.29 is 9.21 Å². The lowest BCUT2D eigenvalue weighted by atomic mass is 10.1. The topological polar surface area (TPSA) is 105 Å². The van der Waals surface area contributed by atoms with Crippen LogP contribution in [0.15, 0.2) is 63.8 Å². The van der Waals surface area contributed by atoms with Gasteiger partial charge in [0, 0.05) is 17.5 Å². The molecule has 3 heterocycles. The number of likely N-dealkylation sites (tertiary alicyclic amines) is 1. The van der Waals surface area contributed by atoms with Gasteiger partial charge in [-0.05, 0) is 31.0 Å². The summed E-state index contributed by atoms with van der Waals surface area (Å²) in [5.74, 6) is 0.599. The Morgan fingerprint density at radius 3 is 2.58 bits per heavy atom. The third-order valence-electron chi connectivity index (χ3n) is 5.66. The Labute approximate surface area is 177 Å². The zero-order chi connectivity index (χ0) is 21.2. The van der Waals surface area contributed by atoms with E-state index in [1.54, 1.807) is 29.2 Å². The number of aromatic amines is 1. The van der Waals surface area contributed by atoms with Gasteiger partial charge >= 0.3 is 0 Å². The monoisotopic (exact) mass is 415 g/mol. The number of H-pyrrole nitrogens is 1. The summed E-state index contributed by atoms with van der Waals surface area (Å²) < 4.78 is 5.99. The molecule has 1 N–H and O–H groups in total. The van der Waals surface area contributed by atoms with Crippen LogP contribution in [0.1, 0.15) is 48.1 Å². The van der Waals surface area contributed by atoms with Gasteiger partial charge in [-0.15, -0.1) is 10.2 Å². The molecule has 1 aliphatic rings. The lowest BCUT2D eigenvalue weighted by Gasteiger charge is -2.27. The standard InChI is InChI=1S/C23H21N5O3/c29-20-17-12-7-6-11-16(17)19(24-25-20)23(30)28-14-8-2-5-13-18(28)22-27-26-21(31-22)15-9-3-1-4-10-15/h1,3-4,6-7,9-12,18H,2,5,8,13-14H2,(H,25,29). The maximum atomic E-state index is 13.6. The van der Waals surface area contributed by atoms with Crippen molar-refractivity contribution >= 4 is 16.7 Å². The van der Waals surface area contributed by atoms with Crippen molar-refractivity contribution in [2.45, 2.75) is 31.7 Å². The van der Waals surface area contributed by atoms with Crippen molar-refractivity contribution in [3.63, 3.8) is 0 Å². The van der Waals surface area contributed by atoms with E-state index in [-0.39, 0.29) is 23.2 Å². The van der Waals surface area contributed by atoms with E-state index in [2.05, 4.69) is 20.4 Å².